The highest BCUT2D eigenvalue weighted by molar-refractivity contribution is 5.91. The number of carbonyl (C=O) groups is 1. The van der Waals surface area contributed by atoms with Gasteiger partial charge in [-0.1, -0.05) is 0 Å². The first-order chi connectivity index (χ1) is 8.12. The molecule has 1 rings (SSSR count). The fraction of sp³-hybridized carbons (Fsp3) is 0.333. The van der Waals surface area contributed by atoms with Crippen LogP contribution < -0.4 is 14.8 Å². The number of nitriles is 1. The lowest BCUT2D eigenvalue weighted by Crippen LogP contribution is -2.21. The van der Waals surface area contributed by atoms with E-state index in [9.17, 15) is 4.79 Å². The summed E-state index contributed by atoms with van der Waals surface area (Å²) in [5.74, 6) is 0.650. The Hall–Kier alpha value is -2.22. The van der Waals surface area contributed by atoms with Crippen LogP contribution in [0.2, 0.25) is 0 Å². The summed E-state index contributed by atoms with van der Waals surface area (Å²) in [7, 11) is 3.12. The highest BCUT2D eigenvalue weighted by Crippen LogP contribution is 2.28. The molecule has 0 atom stereocenters. The summed E-state index contributed by atoms with van der Waals surface area (Å²) in [5.41, 5.74) is 1.76. The molecule has 5 heteroatoms. The van der Waals surface area contributed by atoms with Gasteiger partial charge in [-0.25, -0.2) is 0 Å². The van der Waals surface area contributed by atoms with E-state index in [0.717, 1.165) is 11.1 Å². The largest absolute Gasteiger partial charge is 0.497 e. The molecule has 0 fully saturated rings. The molecule has 0 aromatic heterocycles. The van der Waals surface area contributed by atoms with Gasteiger partial charge in [-0.15, -0.1) is 0 Å². The number of ether oxygens (including phenoxy) is 2. The summed E-state index contributed by atoms with van der Waals surface area (Å²) in [4.78, 5) is 10.9. The molecule has 0 saturated heterocycles. The topological polar surface area (TPSA) is 71.3 Å². The average molecular weight is 234 g/mol. The predicted octanol–water partition coefficient (Wildman–Crippen LogP) is 1.15. The van der Waals surface area contributed by atoms with Gasteiger partial charge in [0.25, 0.3) is 0 Å². The standard InChI is InChI=1S/C12H14N2O3/c1-8-4-9(16-2)5-11(17-3)10(8)7-14-12(15)6-13/h4-5H,7H2,1-3H3,(H,14,15). The maximum atomic E-state index is 10.9. The number of methoxy groups -OCH3 is 2. The number of benzene rings is 1. The minimum absolute atomic E-state index is 0.255. The Morgan fingerprint density at radius 3 is 2.65 bits per heavy atom. The molecule has 0 aliphatic carbocycles. The minimum Gasteiger partial charge on any atom is -0.497 e. The first-order valence-electron chi connectivity index (χ1n) is 5.01. The zero-order chi connectivity index (χ0) is 12.8. The van der Waals surface area contributed by atoms with Gasteiger partial charge >= 0.3 is 5.91 Å². The maximum Gasteiger partial charge on any atom is 0.322 e. The Labute approximate surface area is 100.0 Å². The summed E-state index contributed by atoms with van der Waals surface area (Å²) in [5, 5.41) is 10.9. The quantitative estimate of drug-likeness (QED) is 0.793. The summed E-state index contributed by atoms with van der Waals surface area (Å²) >= 11 is 0. The van der Waals surface area contributed by atoms with E-state index in [0.29, 0.717) is 11.5 Å². The molecule has 1 aromatic rings. The third kappa shape index (κ3) is 3.11. The van der Waals surface area contributed by atoms with Crippen molar-refractivity contribution >= 4 is 5.91 Å². The lowest BCUT2D eigenvalue weighted by atomic mass is 10.1. The molecule has 0 saturated carbocycles. The van der Waals surface area contributed by atoms with Crippen LogP contribution in [0.25, 0.3) is 0 Å². The van der Waals surface area contributed by atoms with E-state index in [1.165, 1.54) is 6.07 Å². The molecule has 0 aliphatic heterocycles. The second kappa shape index (κ2) is 5.75. The van der Waals surface area contributed by atoms with Crippen LogP contribution >= 0.6 is 0 Å². The van der Waals surface area contributed by atoms with Crippen LogP contribution in [-0.4, -0.2) is 20.1 Å². The van der Waals surface area contributed by atoms with Crippen molar-refractivity contribution < 1.29 is 14.3 Å². The van der Waals surface area contributed by atoms with Gasteiger partial charge in [-0.2, -0.15) is 5.26 Å². The van der Waals surface area contributed by atoms with Crippen molar-refractivity contribution in [2.24, 2.45) is 0 Å². The molecule has 0 aliphatic rings. The van der Waals surface area contributed by atoms with Gasteiger partial charge in [-0.3, -0.25) is 4.79 Å². The molecule has 1 amide bonds. The molecule has 0 radical (unpaired) electrons. The molecule has 1 aromatic carbocycles. The van der Waals surface area contributed by atoms with Gasteiger partial charge in [0.15, 0.2) is 6.07 Å². The summed E-state index contributed by atoms with van der Waals surface area (Å²) < 4.78 is 10.3. The number of hydrogen-bond acceptors (Lipinski definition) is 4. The molecule has 17 heavy (non-hydrogen) atoms. The Morgan fingerprint density at radius 2 is 2.12 bits per heavy atom. The normalized spacial score (nSPS) is 9.29. The molecule has 1 N–H and O–H groups in total. The van der Waals surface area contributed by atoms with Gasteiger partial charge in [0.05, 0.1) is 14.2 Å². The van der Waals surface area contributed by atoms with E-state index in [1.54, 1.807) is 20.3 Å². The Bertz CT molecular complexity index is 464. The van der Waals surface area contributed by atoms with E-state index in [1.807, 2.05) is 13.0 Å². The molecule has 0 spiro atoms. The van der Waals surface area contributed by atoms with Crippen LogP contribution in [0.3, 0.4) is 0 Å². The van der Waals surface area contributed by atoms with E-state index < -0.39 is 5.91 Å². The predicted molar refractivity (Wildman–Crippen MR) is 61.7 cm³/mol. The van der Waals surface area contributed by atoms with Crippen LogP contribution in [0.15, 0.2) is 12.1 Å². The van der Waals surface area contributed by atoms with Crippen LogP contribution in [0.5, 0.6) is 11.5 Å². The van der Waals surface area contributed by atoms with Crippen LogP contribution in [0.4, 0.5) is 0 Å². The number of nitrogens with zero attached hydrogens (tertiary/aromatic N) is 1. The average Bonchev–Trinajstić information content (AvgIpc) is 2.35. The smallest absolute Gasteiger partial charge is 0.322 e. The van der Waals surface area contributed by atoms with E-state index in [4.69, 9.17) is 14.7 Å². The zero-order valence-electron chi connectivity index (χ0n) is 10.0. The highest BCUT2D eigenvalue weighted by Gasteiger charge is 2.10. The van der Waals surface area contributed by atoms with E-state index in [2.05, 4.69) is 5.32 Å². The minimum atomic E-state index is -0.665. The second-order valence-corrected chi connectivity index (χ2v) is 3.42. The first-order valence-corrected chi connectivity index (χ1v) is 5.01. The zero-order valence-corrected chi connectivity index (χ0v) is 10.0. The van der Waals surface area contributed by atoms with Gasteiger partial charge < -0.3 is 14.8 Å². The van der Waals surface area contributed by atoms with Crippen molar-refractivity contribution in [2.75, 3.05) is 14.2 Å². The molecule has 0 heterocycles. The molecule has 90 valence electrons. The lowest BCUT2D eigenvalue weighted by Gasteiger charge is -2.13. The maximum absolute atomic E-state index is 10.9. The number of nitrogens with one attached hydrogen (secondary N) is 1. The molecule has 0 unspecified atom stereocenters. The van der Waals surface area contributed by atoms with Crippen molar-refractivity contribution in [3.05, 3.63) is 23.3 Å². The van der Waals surface area contributed by atoms with Gasteiger partial charge in [0, 0.05) is 18.2 Å². The number of amides is 1. The van der Waals surface area contributed by atoms with Crippen molar-refractivity contribution in [3.8, 4) is 17.6 Å². The Kier molecular flexibility index (Phi) is 4.35. The van der Waals surface area contributed by atoms with E-state index >= 15 is 0 Å². The third-order valence-electron chi connectivity index (χ3n) is 2.39. The van der Waals surface area contributed by atoms with Crippen LogP contribution in [-0.2, 0) is 11.3 Å². The van der Waals surface area contributed by atoms with Gasteiger partial charge in [0.2, 0.25) is 0 Å². The van der Waals surface area contributed by atoms with Gasteiger partial charge in [0.1, 0.15) is 11.5 Å². The van der Waals surface area contributed by atoms with Gasteiger partial charge in [-0.05, 0) is 18.6 Å². The van der Waals surface area contributed by atoms with Crippen molar-refractivity contribution in [1.82, 2.24) is 5.32 Å². The fourth-order valence-corrected chi connectivity index (χ4v) is 1.49. The monoisotopic (exact) mass is 234 g/mol. The Balaban J connectivity index is 2.98. The van der Waals surface area contributed by atoms with Crippen molar-refractivity contribution in [2.45, 2.75) is 13.5 Å². The fourth-order valence-electron chi connectivity index (χ4n) is 1.49. The third-order valence-corrected chi connectivity index (χ3v) is 2.39. The number of carbonyl (C=O) groups excluding carboxylic acids is 1. The van der Waals surface area contributed by atoms with E-state index in [-0.39, 0.29) is 6.54 Å². The number of aryl methyl sites for hydroxylation is 1. The molecule has 0 bridgehead atoms. The van der Waals surface area contributed by atoms with Crippen molar-refractivity contribution in [1.29, 1.82) is 5.26 Å². The van der Waals surface area contributed by atoms with Crippen molar-refractivity contribution in [3.63, 3.8) is 0 Å². The Morgan fingerprint density at radius 1 is 1.41 bits per heavy atom. The summed E-state index contributed by atoms with van der Waals surface area (Å²) in [6.45, 7) is 2.14. The number of rotatable bonds is 4. The first kappa shape index (κ1) is 12.8. The number of hydrogen-bond donors (Lipinski definition) is 1. The molecule has 5 nitrogen and oxygen atoms in total. The molecular weight excluding hydrogens is 220 g/mol. The van der Waals surface area contributed by atoms with Crippen LogP contribution in [0.1, 0.15) is 11.1 Å². The summed E-state index contributed by atoms with van der Waals surface area (Å²) in [6, 6.07) is 5.08. The van der Waals surface area contributed by atoms with Crippen LogP contribution in [0, 0.1) is 18.3 Å². The molecular formula is C12H14N2O3. The lowest BCUT2D eigenvalue weighted by molar-refractivity contribution is -0.116. The summed E-state index contributed by atoms with van der Waals surface area (Å²) in [6.07, 6.45) is 0. The highest BCUT2D eigenvalue weighted by atomic mass is 16.5. The second-order valence-electron chi connectivity index (χ2n) is 3.42. The SMILES string of the molecule is COc1cc(C)c(CNC(=O)C#N)c(OC)c1.